The fraction of sp³-hybridized carbons (Fsp3) is 0.0714. The molecule has 0 amide bonds. The number of nitrogens with one attached hydrogen (secondary N) is 2. The van der Waals surface area contributed by atoms with Gasteiger partial charge in [0.25, 0.3) is 10.0 Å². The van der Waals surface area contributed by atoms with Gasteiger partial charge < -0.3 is 9.62 Å². The molecule has 3 rings (SSSR count). The minimum Gasteiger partial charge on any atom is -0.595 e. The quantitative estimate of drug-likeness (QED) is 0.574. The lowest BCUT2D eigenvalue weighted by atomic mass is 10.3. The van der Waals surface area contributed by atoms with Crippen molar-refractivity contribution in [2.24, 2.45) is 7.05 Å². The van der Waals surface area contributed by atoms with E-state index in [1.807, 2.05) is 0 Å². The van der Waals surface area contributed by atoms with Gasteiger partial charge >= 0.3 is 5.76 Å². The Kier molecular flexibility index (Phi) is 4.31. The van der Waals surface area contributed by atoms with Crippen LogP contribution in [-0.2, 0) is 17.1 Å². The molecule has 2 aromatic carbocycles. The van der Waals surface area contributed by atoms with Crippen molar-refractivity contribution < 1.29 is 23.3 Å². The average molecular weight is 386 g/mol. The van der Waals surface area contributed by atoms with E-state index in [1.54, 1.807) is 0 Å². The first-order valence-electron chi connectivity index (χ1n) is 6.84. The Labute approximate surface area is 146 Å². The lowest BCUT2D eigenvalue weighted by Crippen LogP contribution is -2.99. The SMILES string of the molecule is Cn1c(=O)oc2ccc(S(=O)(=O)Nc3ccc(Cl)cc3[NH+]([O-])O)cc21. The predicted octanol–water partition coefficient (Wildman–Crippen LogP) is 0.989. The molecule has 0 spiro atoms. The van der Waals surface area contributed by atoms with Crippen molar-refractivity contribution in [3.05, 3.63) is 57.2 Å². The smallest absolute Gasteiger partial charge is 0.419 e. The molecule has 3 aromatic rings. The van der Waals surface area contributed by atoms with Crippen LogP contribution in [0.5, 0.6) is 0 Å². The molecule has 0 saturated carbocycles. The summed E-state index contributed by atoms with van der Waals surface area (Å²) >= 11 is 5.75. The van der Waals surface area contributed by atoms with E-state index < -0.39 is 21.0 Å². The second-order valence-electron chi connectivity index (χ2n) is 5.16. The van der Waals surface area contributed by atoms with Crippen LogP contribution in [-0.4, -0.2) is 18.2 Å². The Bertz CT molecular complexity index is 1120. The van der Waals surface area contributed by atoms with E-state index in [4.69, 9.17) is 16.0 Å². The molecule has 1 unspecified atom stereocenters. The highest BCUT2D eigenvalue weighted by Gasteiger charge is 2.20. The molecule has 1 atom stereocenters. The maximum atomic E-state index is 12.6. The van der Waals surface area contributed by atoms with Gasteiger partial charge in [0.05, 0.1) is 10.4 Å². The van der Waals surface area contributed by atoms with Gasteiger partial charge in [-0.25, -0.2) is 18.4 Å². The van der Waals surface area contributed by atoms with E-state index in [0.717, 1.165) is 6.07 Å². The van der Waals surface area contributed by atoms with Crippen molar-refractivity contribution in [3.8, 4) is 0 Å². The van der Waals surface area contributed by atoms with Crippen LogP contribution in [0.15, 0.2) is 50.5 Å². The fourth-order valence-electron chi connectivity index (χ4n) is 2.26. The lowest BCUT2D eigenvalue weighted by Gasteiger charge is -2.17. The van der Waals surface area contributed by atoms with Crippen LogP contribution in [0.2, 0.25) is 5.02 Å². The highest BCUT2D eigenvalue weighted by molar-refractivity contribution is 7.92. The van der Waals surface area contributed by atoms with E-state index in [1.165, 1.54) is 41.9 Å². The van der Waals surface area contributed by atoms with E-state index in [2.05, 4.69) is 4.72 Å². The molecule has 0 bridgehead atoms. The fourth-order valence-corrected chi connectivity index (χ4v) is 3.53. The third-order valence-corrected chi connectivity index (χ3v) is 5.13. The number of halogens is 1. The molecular weight excluding hydrogens is 374 g/mol. The zero-order valence-electron chi connectivity index (χ0n) is 12.7. The van der Waals surface area contributed by atoms with E-state index in [-0.39, 0.29) is 26.9 Å². The predicted molar refractivity (Wildman–Crippen MR) is 89.5 cm³/mol. The molecule has 0 aliphatic heterocycles. The van der Waals surface area contributed by atoms with Crippen LogP contribution in [0, 0.1) is 5.21 Å². The monoisotopic (exact) mass is 385 g/mol. The minimum atomic E-state index is -4.09. The maximum Gasteiger partial charge on any atom is 0.419 e. The number of benzene rings is 2. The van der Waals surface area contributed by atoms with Gasteiger partial charge in [0.2, 0.25) is 0 Å². The number of nitrogens with zero attached hydrogens (tertiary/aromatic N) is 1. The number of aryl methyl sites for hydroxylation is 1. The second kappa shape index (κ2) is 6.17. The number of aromatic nitrogens is 1. The van der Waals surface area contributed by atoms with Crippen LogP contribution in [0.4, 0.5) is 11.4 Å². The zero-order valence-corrected chi connectivity index (χ0v) is 14.3. The van der Waals surface area contributed by atoms with Gasteiger partial charge in [0.1, 0.15) is 5.69 Å². The molecule has 0 aliphatic rings. The maximum absolute atomic E-state index is 12.6. The van der Waals surface area contributed by atoms with Crippen molar-refractivity contribution >= 4 is 44.1 Å². The summed E-state index contributed by atoms with van der Waals surface area (Å²) in [6.45, 7) is 0. The Morgan fingerprint density at radius 2 is 2.00 bits per heavy atom. The Balaban J connectivity index is 2.06. The van der Waals surface area contributed by atoms with Gasteiger partial charge in [-0.1, -0.05) is 11.6 Å². The van der Waals surface area contributed by atoms with Crippen molar-refractivity contribution in [1.82, 2.24) is 4.57 Å². The van der Waals surface area contributed by atoms with Crippen molar-refractivity contribution in [2.75, 3.05) is 4.72 Å². The third-order valence-electron chi connectivity index (χ3n) is 3.53. The van der Waals surface area contributed by atoms with Crippen molar-refractivity contribution in [2.45, 2.75) is 4.90 Å². The summed E-state index contributed by atoms with van der Waals surface area (Å²) in [5.74, 6) is -0.622. The van der Waals surface area contributed by atoms with Crippen molar-refractivity contribution in [1.29, 1.82) is 0 Å². The van der Waals surface area contributed by atoms with Gasteiger partial charge in [-0.15, -0.1) is 0 Å². The number of hydrogen-bond donors (Lipinski definition) is 3. The summed E-state index contributed by atoms with van der Waals surface area (Å²) in [4.78, 5) is 11.3. The van der Waals surface area contributed by atoms with Crippen LogP contribution >= 0.6 is 11.6 Å². The molecule has 1 heterocycles. The molecule has 9 nitrogen and oxygen atoms in total. The summed E-state index contributed by atoms with van der Waals surface area (Å²) in [6.07, 6.45) is 0. The van der Waals surface area contributed by atoms with Crippen LogP contribution < -0.4 is 15.7 Å². The van der Waals surface area contributed by atoms with Gasteiger partial charge in [-0.2, -0.15) is 5.23 Å². The molecule has 1 aromatic heterocycles. The number of rotatable bonds is 4. The standard InChI is InChI=1S/C14H12ClN3O6S/c1-17-12-7-9(3-5-13(12)24-14(17)19)25(22,23)16-10-4-2-8(15)6-11(10)18(20)21/h2-7,16,18,20H,1H3. The first kappa shape index (κ1) is 17.5. The number of hydrogen-bond acceptors (Lipinski definition) is 6. The third kappa shape index (κ3) is 3.25. The Hall–Kier alpha value is -2.37. The number of sulfonamides is 1. The Morgan fingerprint density at radius 3 is 2.68 bits per heavy atom. The van der Waals surface area contributed by atoms with Crippen LogP contribution in [0.3, 0.4) is 0 Å². The first-order valence-corrected chi connectivity index (χ1v) is 8.70. The molecule has 0 saturated heterocycles. The van der Waals surface area contributed by atoms with E-state index >= 15 is 0 Å². The molecule has 0 radical (unpaired) electrons. The first-order chi connectivity index (χ1) is 11.7. The average Bonchev–Trinajstić information content (AvgIpc) is 2.83. The number of fused-ring (bicyclic) bond motifs is 1. The molecule has 3 N–H and O–H groups in total. The van der Waals surface area contributed by atoms with E-state index in [0.29, 0.717) is 5.52 Å². The van der Waals surface area contributed by atoms with Gasteiger partial charge in [-0.05, 0) is 30.3 Å². The second-order valence-corrected chi connectivity index (χ2v) is 7.28. The summed E-state index contributed by atoms with van der Waals surface area (Å²) in [5, 5.41) is 19.3. The Morgan fingerprint density at radius 1 is 1.28 bits per heavy atom. The topological polar surface area (TPSA) is 129 Å². The largest absolute Gasteiger partial charge is 0.595 e. The molecule has 132 valence electrons. The zero-order chi connectivity index (χ0) is 18.4. The van der Waals surface area contributed by atoms with Crippen LogP contribution in [0.25, 0.3) is 11.1 Å². The van der Waals surface area contributed by atoms with E-state index in [9.17, 15) is 23.6 Å². The summed E-state index contributed by atoms with van der Waals surface area (Å²) in [7, 11) is -2.65. The lowest BCUT2D eigenvalue weighted by molar-refractivity contribution is -0.990. The van der Waals surface area contributed by atoms with Gasteiger partial charge in [0.15, 0.2) is 11.3 Å². The highest BCUT2D eigenvalue weighted by Crippen LogP contribution is 2.26. The summed E-state index contributed by atoms with van der Waals surface area (Å²) in [5.41, 5.74) is 0.123. The summed E-state index contributed by atoms with van der Waals surface area (Å²) < 4.78 is 33.5. The molecule has 11 heteroatoms. The number of oxazole rings is 1. The van der Waals surface area contributed by atoms with Crippen LogP contribution in [0.1, 0.15) is 0 Å². The highest BCUT2D eigenvalue weighted by atomic mass is 35.5. The molecule has 25 heavy (non-hydrogen) atoms. The molecular formula is C14H12ClN3O6S. The minimum absolute atomic E-state index is 0.127. The number of anilines is 1. The van der Waals surface area contributed by atoms with Gasteiger partial charge in [0, 0.05) is 18.1 Å². The molecule has 0 fully saturated rings. The molecule has 0 aliphatic carbocycles. The number of quaternary nitrogens is 1. The van der Waals surface area contributed by atoms with Crippen molar-refractivity contribution in [3.63, 3.8) is 0 Å². The summed E-state index contributed by atoms with van der Waals surface area (Å²) in [6, 6.07) is 7.64. The normalized spacial score (nSPS) is 13.1. The van der Waals surface area contributed by atoms with Gasteiger partial charge in [-0.3, -0.25) is 9.29 Å².